The number of hydrogen-bond donors (Lipinski definition) is 3. The van der Waals surface area contributed by atoms with Crippen LogP contribution in [0, 0.1) is 0 Å². The molecule has 0 aliphatic carbocycles. The number of carbonyl (C=O) groups excluding carboxylic acids is 1. The third-order valence-electron chi connectivity index (χ3n) is 5.73. The first-order chi connectivity index (χ1) is 16.9. The molecule has 3 heterocycles. The molecule has 3 rings (SSSR count). The van der Waals surface area contributed by atoms with Gasteiger partial charge in [0.1, 0.15) is 18.2 Å². The Labute approximate surface area is 209 Å². The fourth-order valence-corrected chi connectivity index (χ4v) is 4.79. The second-order valence-electron chi connectivity index (χ2n) is 9.22. The lowest BCUT2D eigenvalue weighted by atomic mass is 9.98. The maximum Gasteiger partial charge on any atom is 0.323 e. The molecule has 2 aromatic rings. The molecule has 13 nitrogen and oxygen atoms in total. The molecule has 0 aromatic carbocycles. The Morgan fingerprint density at radius 1 is 1.44 bits per heavy atom. The monoisotopic (exact) mass is 531 g/mol. The molecule has 0 radical (unpaired) electrons. The number of rotatable bonds is 11. The minimum Gasteiger partial charge on any atom is -0.462 e. The molecule has 0 spiro atoms. The van der Waals surface area contributed by atoms with Crippen molar-refractivity contribution in [1.29, 1.82) is 0 Å². The van der Waals surface area contributed by atoms with Crippen molar-refractivity contribution in [3.8, 4) is 0 Å². The zero-order valence-electron chi connectivity index (χ0n) is 21.3. The van der Waals surface area contributed by atoms with Gasteiger partial charge in [-0.3, -0.25) is 13.9 Å². The first kappa shape index (κ1) is 28.2. The van der Waals surface area contributed by atoms with Crippen LogP contribution in [0.2, 0.25) is 0 Å². The van der Waals surface area contributed by atoms with Gasteiger partial charge in [-0.1, -0.05) is 6.92 Å². The molecule has 1 aliphatic heterocycles. The van der Waals surface area contributed by atoms with Gasteiger partial charge in [-0.15, -0.1) is 0 Å². The van der Waals surface area contributed by atoms with Crippen LogP contribution >= 0.6 is 8.18 Å². The summed E-state index contributed by atoms with van der Waals surface area (Å²) < 4.78 is 45.5. The smallest absolute Gasteiger partial charge is 0.323 e. The maximum atomic E-state index is 15.7. The van der Waals surface area contributed by atoms with Gasteiger partial charge in [-0.05, 0) is 34.1 Å². The van der Waals surface area contributed by atoms with Crippen molar-refractivity contribution < 1.29 is 32.9 Å². The number of nitrogen functional groups attached to an aromatic ring is 1. The molecular weight excluding hydrogens is 496 g/mol. The molecular formula is C21H35FN7O6P. The number of anilines is 2. The van der Waals surface area contributed by atoms with E-state index in [-0.39, 0.29) is 24.3 Å². The number of ether oxygens (including phenoxy) is 2. The van der Waals surface area contributed by atoms with Crippen molar-refractivity contribution in [2.45, 2.75) is 77.3 Å². The van der Waals surface area contributed by atoms with Crippen molar-refractivity contribution in [2.75, 3.05) is 30.8 Å². The van der Waals surface area contributed by atoms with E-state index >= 15 is 4.39 Å². The number of nitrogens with zero attached hydrogens (tertiary/aromatic N) is 5. The van der Waals surface area contributed by atoms with Crippen molar-refractivity contribution in [1.82, 2.24) is 24.6 Å². The average molecular weight is 532 g/mol. The van der Waals surface area contributed by atoms with Gasteiger partial charge in [-0.2, -0.15) is 9.97 Å². The lowest BCUT2D eigenvalue weighted by Gasteiger charge is -2.25. The van der Waals surface area contributed by atoms with Crippen LogP contribution in [0.3, 0.4) is 0 Å². The zero-order chi connectivity index (χ0) is 26.8. The Bertz CT molecular complexity index is 1100. The van der Waals surface area contributed by atoms with Crippen LogP contribution in [0.1, 0.15) is 47.3 Å². The molecule has 1 fully saturated rings. The van der Waals surface area contributed by atoms with Gasteiger partial charge in [0, 0.05) is 13.6 Å². The number of esters is 1. The van der Waals surface area contributed by atoms with E-state index in [0.29, 0.717) is 17.9 Å². The van der Waals surface area contributed by atoms with E-state index in [9.17, 15) is 14.5 Å². The highest BCUT2D eigenvalue weighted by atomic mass is 31.1. The first-order valence-electron chi connectivity index (χ1n) is 11.7. The minimum absolute atomic E-state index is 0.0176. The molecule has 0 bridgehead atoms. The molecule has 36 heavy (non-hydrogen) atoms. The average Bonchev–Trinajstić information content (AvgIpc) is 3.29. The molecule has 4 N–H and O–H groups in total. The molecule has 1 aliphatic rings. The van der Waals surface area contributed by atoms with Gasteiger partial charge in [0.2, 0.25) is 5.95 Å². The van der Waals surface area contributed by atoms with Crippen LogP contribution in [0.15, 0.2) is 6.33 Å². The Balaban J connectivity index is 1.75. The fourth-order valence-electron chi connectivity index (χ4n) is 3.92. The van der Waals surface area contributed by atoms with E-state index < -0.39 is 44.3 Å². The number of alkyl halides is 1. The highest BCUT2D eigenvalue weighted by Crippen LogP contribution is 2.43. The van der Waals surface area contributed by atoms with Crippen LogP contribution in [0.4, 0.5) is 16.2 Å². The normalized spacial score (nSPS) is 25.9. The number of aliphatic hydroxyl groups is 1. The van der Waals surface area contributed by atoms with E-state index in [4.69, 9.17) is 19.7 Å². The maximum absolute atomic E-state index is 15.7. The van der Waals surface area contributed by atoms with Gasteiger partial charge < -0.3 is 29.7 Å². The van der Waals surface area contributed by atoms with Crippen LogP contribution in [-0.4, -0.2) is 80.8 Å². The molecule has 2 unspecified atom stereocenters. The summed E-state index contributed by atoms with van der Waals surface area (Å²) in [5.74, 6) is -0.111. The fraction of sp³-hybridized carbons (Fsp3) is 0.714. The summed E-state index contributed by atoms with van der Waals surface area (Å²) in [6.45, 7) is 8.39. The molecule has 1 saturated heterocycles. The van der Waals surface area contributed by atoms with Gasteiger partial charge in [0.25, 0.3) is 8.18 Å². The third-order valence-corrected chi connectivity index (χ3v) is 6.83. The summed E-state index contributed by atoms with van der Waals surface area (Å²) in [6.07, 6.45) is -2.20. The largest absolute Gasteiger partial charge is 0.462 e. The van der Waals surface area contributed by atoms with Crippen molar-refractivity contribution in [3.05, 3.63) is 6.33 Å². The second-order valence-corrected chi connectivity index (χ2v) is 10.4. The van der Waals surface area contributed by atoms with Crippen molar-refractivity contribution in [3.63, 3.8) is 0 Å². The summed E-state index contributed by atoms with van der Waals surface area (Å²) >= 11 is 0. The lowest BCUT2D eigenvalue weighted by molar-refractivity contribution is -0.149. The Kier molecular flexibility index (Phi) is 8.88. The predicted octanol–water partition coefficient (Wildman–Crippen LogP) is 1.58. The zero-order valence-corrected chi connectivity index (χ0v) is 22.3. The van der Waals surface area contributed by atoms with E-state index in [0.717, 1.165) is 6.42 Å². The summed E-state index contributed by atoms with van der Waals surface area (Å²) in [4.78, 5) is 26.6. The summed E-state index contributed by atoms with van der Waals surface area (Å²) in [5.41, 5.74) is 4.30. The number of hydrogen-bond acceptors (Lipinski definition) is 11. The summed E-state index contributed by atoms with van der Waals surface area (Å²) in [7, 11) is -1.08. The summed E-state index contributed by atoms with van der Waals surface area (Å²) in [6, 6.07) is -0.880. The topological polar surface area (TPSA) is 167 Å². The SMILES string of the molecule is CCCN(C)c1nc(N)nc2c1ncn2[C@@H]1OC(CO[PH](=O)N[C@@H](C)C(=O)OC(C)C)[C@@H](O)[C@@]1(C)F. The van der Waals surface area contributed by atoms with Crippen LogP contribution in [0.5, 0.6) is 0 Å². The van der Waals surface area contributed by atoms with Crippen molar-refractivity contribution >= 4 is 37.1 Å². The number of nitrogens with two attached hydrogens (primary N) is 1. The van der Waals surface area contributed by atoms with Crippen LogP contribution < -0.4 is 15.7 Å². The predicted molar refractivity (Wildman–Crippen MR) is 132 cm³/mol. The third kappa shape index (κ3) is 5.94. The molecule has 202 valence electrons. The van der Waals surface area contributed by atoms with Gasteiger partial charge in [0.05, 0.1) is 19.0 Å². The van der Waals surface area contributed by atoms with E-state index in [1.807, 2.05) is 18.9 Å². The summed E-state index contributed by atoms with van der Waals surface area (Å²) in [5, 5.41) is 13.2. The van der Waals surface area contributed by atoms with E-state index in [1.54, 1.807) is 13.8 Å². The van der Waals surface area contributed by atoms with Gasteiger partial charge in [-0.25, -0.2) is 14.5 Å². The quantitative estimate of drug-likeness (QED) is 0.283. The molecule has 0 saturated carbocycles. The molecule has 6 atom stereocenters. The minimum atomic E-state index is -2.92. The highest BCUT2D eigenvalue weighted by molar-refractivity contribution is 7.36. The molecule has 15 heteroatoms. The standard InChI is InChI=1S/C21H35FN7O6P/c1-7-8-28(6)16-14-17(26-20(23)25-16)29(10-24-14)19-21(5,22)15(30)13(35-19)9-33-36(32)27-12(4)18(31)34-11(2)3/h10-13,15,19,30,36H,7-9H2,1-6H3,(H,27,32)(H2,23,25,26)/t12-,13?,15+,19+,21+/m0/s1. The van der Waals surface area contributed by atoms with Crippen LogP contribution in [0.25, 0.3) is 11.2 Å². The number of carbonyl (C=O) groups is 1. The number of fused-ring (bicyclic) bond motifs is 1. The Morgan fingerprint density at radius 3 is 2.78 bits per heavy atom. The number of nitrogens with one attached hydrogen (secondary N) is 1. The number of aromatic nitrogens is 4. The molecule has 0 amide bonds. The lowest BCUT2D eigenvalue weighted by Crippen LogP contribution is -2.40. The number of imidazole rings is 1. The van der Waals surface area contributed by atoms with E-state index in [1.165, 1.54) is 24.7 Å². The second kappa shape index (κ2) is 11.3. The highest BCUT2D eigenvalue weighted by Gasteiger charge is 2.55. The molecule has 2 aromatic heterocycles. The van der Waals surface area contributed by atoms with Crippen LogP contribution in [-0.2, 0) is 23.4 Å². The first-order valence-corrected chi connectivity index (χ1v) is 13.1. The van der Waals surface area contributed by atoms with Gasteiger partial charge >= 0.3 is 5.97 Å². The van der Waals surface area contributed by atoms with E-state index in [2.05, 4.69) is 20.0 Å². The number of aliphatic hydroxyl groups excluding tert-OH is 1. The van der Waals surface area contributed by atoms with Gasteiger partial charge in [0.15, 0.2) is 28.9 Å². The number of halogens is 1. The Morgan fingerprint density at radius 2 is 2.14 bits per heavy atom. The Hall–Kier alpha value is -2.38. The van der Waals surface area contributed by atoms with Crippen molar-refractivity contribution in [2.24, 2.45) is 0 Å².